The molecule has 1 N–H and O–H groups in total. The Bertz CT molecular complexity index is 117. The van der Waals surface area contributed by atoms with E-state index in [4.69, 9.17) is 4.74 Å². The van der Waals surface area contributed by atoms with Crippen LogP contribution in [0.5, 0.6) is 0 Å². The summed E-state index contributed by atoms with van der Waals surface area (Å²) in [6.07, 6.45) is 2.85. The third kappa shape index (κ3) is 2.76. The van der Waals surface area contributed by atoms with E-state index in [1.807, 2.05) is 0 Å². The SMILES string of the molecule is CCNC(COC)C(C)C1CC1. The van der Waals surface area contributed by atoms with Gasteiger partial charge in [-0.1, -0.05) is 13.8 Å². The average molecular weight is 171 g/mol. The second-order valence-electron chi connectivity index (χ2n) is 3.82. The Balaban J connectivity index is 2.28. The quantitative estimate of drug-likeness (QED) is 0.656. The van der Waals surface area contributed by atoms with Crippen LogP contribution in [-0.4, -0.2) is 26.3 Å². The molecule has 72 valence electrons. The maximum atomic E-state index is 5.19. The highest BCUT2D eigenvalue weighted by atomic mass is 16.5. The van der Waals surface area contributed by atoms with Crippen molar-refractivity contribution in [3.05, 3.63) is 0 Å². The first-order chi connectivity index (χ1) is 5.79. The lowest BCUT2D eigenvalue weighted by Gasteiger charge is -2.23. The van der Waals surface area contributed by atoms with Gasteiger partial charge in [0.25, 0.3) is 0 Å². The molecular formula is C10H21NO. The van der Waals surface area contributed by atoms with E-state index in [2.05, 4.69) is 19.2 Å². The fourth-order valence-electron chi connectivity index (χ4n) is 1.79. The average Bonchev–Trinajstić information content (AvgIpc) is 2.85. The van der Waals surface area contributed by atoms with Crippen LogP contribution in [-0.2, 0) is 4.74 Å². The van der Waals surface area contributed by atoms with Crippen molar-refractivity contribution in [3.8, 4) is 0 Å². The van der Waals surface area contributed by atoms with Crippen molar-refractivity contribution >= 4 is 0 Å². The van der Waals surface area contributed by atoms with E-state index in [0.717, 1.165) is 25.0 Å². The second kappa shape index (κ2) is 4.83. The van der Waals surface area contributed by atoms with E-state index in [9.17, 15) is 0 Å². The van der Waals surface area contributed by atoms with Crippen LogP contribution in [0.4, 0.5) is 0 Å². The fraction of sp³-hybridized carbons (Fsp3) is 1.00. The summed E-state index contributed by atoms with van der Waals surface area (Å²) in [5.41, 5.74) is 0. The Morgan fingerprint density at radius 3 is 2.58 bits per heavy atom. The molecule has 2 unspecified atom stereocenters. The lowest BCUT2D eigenvalue weighted by Crippen LogP contribution is -2.39. The van der Waals surface area contributed by atoms with Crippen molar-refractivity contribution in [2.75, 3.05) is 20.3 Å². The summed E-state index contributed by atoms with van der Waals surface area (Å²) in [7, 11) is 1.78. The minimum absolute atomic E-state index is 0.562. The smallest absolute Gasteiger partial charge is 0.0618 e. The maximum Gasteiger partial charge on any atom is 0.0618 e. The van der Waals surface area contributed by atoms with Gasteiger partial charge in [0.1, 0.15) is 0 Å². The summed E-state index contributed by atoms with van der Waals surface area (Å²) in [6, 6.07) is 0.562. The number of hydrogen-bond donors (Lipinski definition) is 1. The van der Waals surface area contributed by atoms with Gasteiger partial charge in [0.2, 0.25) is 0 Å². The largest absolute Gasteiger partial charge is 0.383 e. The van der Waals surface area contributed by atoms with Crippen molar-refractivity contribution < 1.29 is 4.74 Å². The molecule has 0 bridgehead atoms. The summed E-state index contributed by atoms with van der Waals surface area (Å²) in [6.45, 7) is 6.39. The molecule has 0 aliphatic heterocycles. The Labute approximate surface area is 75.7 Å². The molecule has 2 nitrogen and oxygen atoms in total. The third-order valence-electron chi connectivity index (χ3n) is 2.81. The molecule has 1 aliphatic carbocycles. The summed E-state index contributed by atoms with van der Waals surface area (Å²) in [5, 5.41) is 3.48. The summed E-state index contributed by atoms with van der Waals surface area (Å²) < 4.78 is 5.19. The number of methoxy groups -OCH3 is 1. The minimum Gasteiger partial charge on any atom is -0.383 e. The summed E-state index contributed by atoms with van der Waals surface area (Å²) in [4.78, 5) is 0. The van der Waals surface area contributed by atoms with Gasteiger partial charge in [0, 0.05) is 13.2 Å². The van der Waals surface area contributed by atoms with E-state index in [1.54, 1.807) is 7.11 Å². The molecule has 0 radical (unpaired) electrons. The van der Waals surface area contributed by atoms with Crippen LogP contribution in [0.3, 0.4) is 0 Å². The zero-order valence-electron chi connectivity index (χ0n) is 8.47. The molecule has 0 heterocycles. The van der Waals surface area contributed by atoms with Crippen LogP contribution in [0.2, 0.25) is 0 Å². The first-order valence-electron chi connectivity index (χ1n) is 5.02. The standard InChI is InChI=1S/C10H21NO/c1-4-11-10(7-12-3)8(2)9-5-6-9/h8-11H,4-7H2,1-3H3. The molecule has 0 spiro atoms. The maximum absolute atomic E-state index is 5.19. The van der Waals surface area contributed by atoms with Gasteiger partial charge in [-0.15, -0.1) is 0 Å². The number of ether oxygens (including phenoxy) is 1. The highest BCUT2D eigenvalue weighted by molar-refractivity contribution is 4.86. The Hall–Kier alpha value is -0.0800. The molecule has 0 aromatic carbocycles. The molecule has 0 saturated heterocycles. The number of hydrogen-bond acceptors (Lipinski definition) is 2. The zero-order chi connectivity index (χ0) is 8.97. The van der Waals surface area contributed by atoms with Crippen molar-refractivity contribution in [3.63, 3.8) is 0 Å². The molecule has 12 heavy (non-hydrogen) atoms. The van der Waals surface area contributed by atoms with Gasteiger partial charge in [-0.2, -0.15) is 0 Å². The zero-order valence-corrected chi connectivity index (χ0v) is 8.47. The van der Waals surface area contributed by atoms with E-state index in [-0.39, 0.29) is 0 Å². The predicted molar refractivity (Wildman–Crippen MR) is 51.2 cm³/mol. The topological polar surface area (TPSA) is 21.3 Å². The van der Waals surface area contributed by atoms with E-state index >= 15 is 0 Å². The van der Waals surface area contributed by atoms with Crippen LogP contribution < -0.4 is 5.32 Å². The van der Waals surface area contributed by atoms with Crippen LogP contribution >= 0.6 is 0 Å². The molecule has 1 rings (SSSR count). The van der Waals surface area contributed by atoms with Crippen LogP contribution in [0, 0.1) is 11.8 Å². The van der Waals surface area contributed by atoms with Crippen LogP contribution in [0.1, 0.15) is 26.7 Å². The van der Waals surface area contributed by atoms with Gasteiger partial charge < -0.3 is 10.1 Å². The van der Waals surface area contributed by atoms with Crippen LogP contribution in [0.25, 0.3) is 0 Å². The highest BCUT2D eigenvalue weighted by Gasteiger charge is 2.32. The summed E-state index contributed by atoms with van der Waals surface area (Å²) in [5.74, 6) is 1.74. The Kier molecular flexibility index (Phi) is 4.02. The predicted octanol–water partition coefficient (Wildman–Crippen LogP) is 1.66. The highest BCUT2D eigenvalue weighted by Crippen LogP contribution is 2.38. The molecule has 1 saturated carbocycles. The monoisotopic (exact) mass is 171 g/mol. The molecular weight excluding hydrogens is 150 g/mol. The number of rotatable bonds is 6. The van der Waals surface area contributed by atoms with Crippen molar-refractivity contribution in [1.29, 1.82) is 0 Å². The normalized spacial score (nSPS) is 22.2. The molecule has 0 aromatic rings. The minimum atomic E-state index is 0.562. The van der Waals surface area contributed by atoms with Gasteiger partial charge >= 0.3 is 0 Å². The number of likely N-dealkylation sites (N-methyl/N-ethyl adjacent to an activating group) is 1. The van der Waals surface area contributed by atoms with E-state index < -0.39 is 0 Å². The molecule has 0 amide bonds. The molecule has 2 atom stereocenters. The third-order valence-corrected chi connectivity index (χ3v) is 2.81. The van der Waals surface area contributed by atoms with Gasteiger partial charge in [-0.25, -0.2) is 0 Å². The second-order valence-corrected chi connectivity index (χ2v) is 3.82. The molecule has 1 aliphatic rings. The lowest BCUT2D eigenvalue weighted by atomic mass is 9.97. The summed E-state index contributed by atoms with van der Waals surface area (Å²) >= 11 is 0. The van der Waals surface area contributed by atoms with E-state index in [0.29, 0.717) is 6.04 Å². The Morgan fingerprint density at radius 1 is 1.50 bits per heavy atom. The van der Waals surface area contributed by atoms with Crippen molar-refractivity contribution in [2.45, 2.75) is 32.7 Å². The van der Waals surface area contributed by atoms with Gasteiger partial charge in [-0.3, -0.25) is 0 Å². The molecule has 0 aromatic heterocycles. The fourth-order valence-corrected chi connectivity index (χ4v) is 1.79. The molecule has 2 heteroatoms. The van der Waals surface area contributed by atoms with Crippen molar-refractivity contribution in [2.24, 2.45) is 11.8 Å². The first-order valence-corrected chi connectivity index (χ1v) is 5.02. The lowest BCUT2D eigenvalue weighted by molar-refractivity contribution is 0.138. The molecule has 1 fully saturated rings. The van der Waals surface area contributed by atoms with Gasteiger partial charge in [0.05, 0.1) is 6.61 Å². The van der Waals surface area contributed by atoms with Crippen molar-refractivity contribution in [1.82, 2.24) is 5.32 Å². The Morgan fingerprint density at radius 2 is 2.17 bits per heavy atom. The van der Waals surface area contributed by atoms with Gasteiger partial charge in [0.15, 0.2) is 0 Å². The van der Waals surface area contributed by atoms with Crippen LogP contribution in [0.15, 0.2) is 0 Å². The van der Waals surface area contributed by atoms with Gasteiger partial charge in [-0.05, 0) is 31.2 Å². The van der Waals surface area contributed by atoms with E-state index in [1.165, 1.54) is 12.8 Å². The first kappa shape index (κ1) is 10.0. The number of nitrogens with one attached hydrogen (secondary N) is 1.